The summed E-state index contributed by atoms with van der Waals surface area (Å²) in [6.07, 6.45) is 4.72. The van der Waals surface area contributed by atoms with Crippen molar-refractivity contribution in [3.8, 4) is 0 Å². The number of carbonyl (C=O) groups is 1. The molecule has 1 saturated carbocycles. The zero-order chi connectivity index (χ0) is 13.9. The molecule has 0 spiro atoms. The number of nitrogens with zero attached hydrogens (tertiary/aromatic N) is 1. The van der Waals surface area contributed by atoms with Crippen LogP contribution in [0.3, 0.4) is 0 Å². The van der Waals surface area contributed by atoms with Crippen LogP contribution in [0.4, 0.5) is 0 Å². The number of hydrogen-bond acceptors (Lipinski definition) is 3. The molecule has 0 radical (unpaired) electrons. The fourth-order valence-electron chi connectivity index (χ4n) is 2.99. The van der Waals surface area contributed by atoms with Gasteiger partial charge in [-0.25, -0.2) is 0 Å². The topological polar surface area (TPSA) is 62.2 Å². The lowest BCUT2D eigenvalue weighted by Gasteiger charge is -2.19. The normalized spacial score (nSPS) is 22.1. The van der Waals surface area contributed by atoms with Crippen molar-refractivity contribution in [2.45, 2.75) is 25.3 Å². The van der Waals surface area contributed by atoms with Gasteiger partial charge in [0, 0.05) is 35.7 Å². The molecule has 3 rings (SSSR count). The summed E-state index contributed by atoms with van der Waals surface area (Å²) < 4.78 is 0. The standard InChI is InChI=1S/C16H18N2O2/c19-10-11-4-1-7-14(11)18-16(20)13-5-2-8-15-12(13)6-3-9-17-15/h2-3,5-6,8-9,11,14,19H,1,4,7,10H2,(H,18,20). The van der Waals surface area contributed by atoms with Crippen molar-refractivity contribution < 1.29 is 9.90 Å². The minimum atomic E-state index is -0.0750. The van der Waals surface area contributed by atoms with Crippen molar-refractivity contribution in [1.29, 1.82) is 0 Å². The van der Waals surface area contributed by atoms with Crippen LogP contribution in [0.1, 0.15) is 29.6 Å². The van der Waals surface area contributed by atoms with Crippen LogP contribution in [0, 0.1) is 5.92 Å². The first-order valence-electron chi connectivity index (χ1n) is 7.05. The zero-order valence-electron chi connectivity index (χ0n) is 11.2. The Morgan fingerprint density at radius 2 is 2.20 bits per heavy atom. The molecule has 1 fully saturated rings. The highest BCUT2D eigenvalue weighted by Crippen LogP contribution is 2.26. The van der Waals surface area contributed by atoms with Gasteiger partial charge in [-0.3, -0.25) is 9.78 Å². The summed E-state index contributed by atoms with van der Waals surface area (Å²) in [5.74, 6) is 0.112. The zero-order valence-corrected chi connectivity index (χ0v) is 11.2. The number of fused-ring (bicyclic) bond motifs is 1. The van der Waals surface area contributed by atoms with Gasteiger partial charge in [0.1, 0.15) is 0 Å². The van der Waals surface area contributed by atoms with Crippen molar-refractivity contribution >= 4 is 16.8 Å². The summed E-state index contributed by atoms with van der Waals surface area (Å²) in [7, 11) is 0. The molecule has 2 aromatic rings. The Labute approximate surface area is 117 Å². The molecule has 2 N–H and O–H groups in total. The van der Waals surface area contributed by atoms with E-state index >= 15 is 0 Å². The number of pyridine rings is 1. The molecule has 4 nitrogen and oxygen atoms in total. The van der Waals surface area contributed by atoms with Crippen LogP contribution in [0.5, 0.6) is 0 Å². The molecular weight excluding hydrogens is 252 g/mol. The number of carbonyl (C=O) groups excluding carboxylic acids is 1. The van der Waals surface area contributed by atoms with Crippen LogP contribution in [0.25, 0.3) is 10.9 Å². The van der Waals surface area contributed by atoms with Gasteiger partial charge in [-0.2, -0.15) is 0 Å². The lowest BCUT2D eigenvalue weighted by molar-refractivity contribution is 0.0917. The molecule has 0 saturated heterocycles. The summed E-state index contributed by atoms with van der Waals surface area (Å²) in [6, 6.07) is 9.41. The SMILES string of the molecule is O=C(NC1CCCC1CO)c1cccc2ncccc12. The molecule has 1 aromatic heterocycles. The van der Waals surface area contributed by atoms with E-state index in [0.717, 1.165) is 30.2 Å². The first-order valence-corrected chi connectivity index (χ1v) is 7.05. The lowest BCUT2D eigenvalue weighted by atomic mass is 10.0. The van der Waals surface area contributed by atoms with Crippen LogP contribution in [0.2, 0.25) is 0 Å². The lowest BCUT2D eigenvalue weighted by Crippen LogP contribution is -2.38. The van der Waals surface area contributed by atoms with E-state index in [4.69, 9.17) is 0 Å². The van der Waals surface area contributed by atoms with Crippen LogP contribution in [0.15, 0.2) is 36.5 Å². The van der Waals surface area contributed by atoms with Crippen LogP contribution >= 0.6 is 0 Å². The van der Waals surface area contributed by atoms with Gasteiger partial charge < -0.3 is 10.4 Å². The summed E-state index contributed by atoms with van der Waals surface area (Å²) in [5.41, 5.74) is 1.48. The number of benzene rings is 1. The van der Waals surface area contributed by atoms with Crippen molar-refractivity contribution in [1.82, 2.24) is 10.3 Å². The summed E-state index contributed by atoms with van der Waals surface area (Å²) in [4.78, 5) is 16.7. The summed E-state index contributed by atoms with van der Waals surface area (Å²) >= 11 is 0. The maximum absolute atomic E-state index is 12.5. The molecule has 4 heteroatoms. The Morgan fingerprint density at radius 3 is 3.05 bits per heavy atom. The third-order valence-corrected chi connectivity index (χ3v) is 4.10. The number of amides is 1. The Balaban J connectivity index is 1.86. The molecule has 2 atom stereocenters. The van der Waals surface area contributed by atoms with Gasteiger partial charge in [0.2, 0.25) is 0 Å². The number of nitrogens with one attached hydrogen (secondary N) is 1. The number of aromatic nitrogens is 1. The number of aliphatic hydroxyl groups excluding tert-OH is 1. The van der Waals surface area contributed by atoms with E-state index in [2.05, 4.69) is 10.3 Å². The van der Waals surface area contributed by atoms with Gasteiger partial charge in [0.15, 0.2) is 0 Å². The van der Waals surface area contributed by atoms with Gasteiger partial charge in [0.25, 0.3) is 5.91 Å². The van der Waals surface area contributed by atoms with Crippen molar-refractivity contribution in [3.63, 3.8) is 0 Å². The van der Waals surface area contributed by atoms with Gasteiger partial charge in [-0.05, 0) is 31.0 Å². The molecule has 20 heavy (non-hydrogen) atoms. The van der Waals surface area contributed by atoms with Crippen LogP contribution in [-0.2, 0) is 0 Å². The monoisotopic (exact) mass is 270 g/mol. The van der Waals surface area contributed by atoms with Crippen molar-refractivity contribution in [2.75, 3.05) is 6.61 Å². The molecule has 1 aliphatic carbocycles. The fourth-order valence-corrected chi connectivity index (χ4v) is 2.99. The number of hydrogen-bond donors (Lipinski definition) is 2. The highest BCUT2D eigenvalue weighted by atomic mass is 16.3. The molecule has 1 aliphatic rings. The highest BCUT2D eigenvalue weighted by molar-refractivity contribution is 6.06. The maximum atomic E-state index is 12.5. The highest BCUT2D eigenvalue weighted by Gasteiger charge is 2.28. The largest absolute Gasteiger partial charge is 0.396 e. The Morgan fingerprint density at radius 1 is 1.30 bits per heavy atom. The molecule has 104 valence electrons. The molecule has 1 heterocycles. The third-order valence-electron chi connectivity index (χ3n) is 4.10. The first-order chi connectivity index (χ1) is 9.79. The number of rotatable bonds is 3. The van der Waals surface area contributed by atoms with Crippen molar-refractivity contribution in [2.24, 2.45) is 5.92 Å². The van der Waals surface area contributed by atoms with Crippen LogP contribution < -0.4 is 5.32 Å². The van der Waals surface area contributed by atoms with E-state index in [-0.39, 0.29) is 24.5 Å². The minimum Gasteiger partial charge on any atom is -0.396 e. The second-order valence-electron chi connectivity index (χ2n) is 5.33. The molecule has 2 unspecified atom stereocenters. The average molecular weight is 270 g/mol. The maximum Gasteiger partial charge on any atom is 0.252 e. The predicted octanol–water partition coefficient (Wildman–Crippen LogP) is 2.13. The molecule has 1 amide bonds. The fraction of sp³-hybridized carbons (Fsp3) is 0.375. The Hall–Kier alpha value is -1.94. The van der Waals surface area contributed by atoms with E-state index in [1.54, 1.807) is 6.20 Å². The molecule has 1 aromatic carbocycles. The van der Waals surface area contributed by atoms with Gasteiger partial charge in [-0.1, -0.05) is 18.6 Å². The molecule has 0 bridgehead atoms. The Kier molecular flexibility index (Phi) is 3.65. The second-order valence-corrected chi connectivity index (χ2v) is 5.33. The average Bonchev–Trinajstić information content (AvgIpc) is 2.93. The third kappa shape index (κ3) is 2.39. The molecular formula is C16H18N2O2. The van der Waals surface area contributed by atoms with E-state index in [9.17, 15) is 9.90 Å². The van der Waals surface area contributed by atoms with Crippen LogP contribution in [-0.4, -0.2) is 28.6 Å². The predicted molar refractivity (Wildman–Crippen MR) is 77.4 cm³/mol. The second kappa shape index (κ2) is 5.59. The van der Waals surface area contributed by atoms with Gasteiger partial charge in [0.05, 0.1) is 5.52 Å². The molecule has 0 aliphatic heterocycles. The van der Waals surface area contributed by atoms with Gasteiger partial charge >= 0.3 is 0 Å². The van der Waals surface area contributed by atoms with E-state index in [1.165, 1.54) is 0 Å². The van der Waals surface area contributed by atoms with E-state index in [0.29, 0.717) is 5.56 Å². The van der Waals surface area contributed by atoms with E-state index < -0.39 is 0 Å². The number of aliphatic hydroxyl groups is 1. The quantitative estimate of drug-likeness (QED) is 0.898. The summed E-state index contributed by atoms with van der Waals surface area (Å²) in [5, 5.41) is 13.3. The van der Waals surface area contributed by atoms with Crippen molar-refractivity contribution in [3.05, 3.63) is 42.1 Å². The van der Waals surface area contributed by atoms with E-state index in [1.807, 2.05) is 30.3 Å². The first kappa shape index (κ1) is 13.1. The Bertz CT molecular complexity index is 621. The summed E-state index contributed by atoms with van der Waals surface area (Å²) in [6.45, 7) is 0.141. The smallest absolute Gasteiger partial charge is 0.252 e. The minimum absolute atomic E-state index is 0.0750. The van der Waals surface area contributed by atoms with Gasteiger partial charge in [-0.15, -0.1) is 0 Å².